The Morgan fingerprint density at radius 3 is 2.62 bits per heavy atom. The first kappa shape index (κ1) is 18.3. The zero-order chi connectivity index (χ0) is 24.3. The normalized spacial score (nSPS) is 27.4. The van der Waals surface area contributed by atoms with Gasteiger partial charge in [0.1, 0.15) is 15.4 Å². The van der Waals surface area contributed by atoms with E-state index >= 15 is 0 Å². The minimum absolute atomic E-state index is 0.0960. The molecule has 0 spiro atoms. The van der Waals surface area contributed by atoms with Crippen molar-refractivity contribution in [1.29, 1.82) is 0 Å². The summed E-state index contributed by atoms with van der Waals surface area (Å²) in [4.78, 5) is -0.587. The van der Waals surface area contributed by atoms with Gasteiger partial charge in [-0.1, -0.05) is 12.2 Å². The third-order valence-electron chi connectivity index (χ3n) is 5.40. The second kappa shape index (κ2) is 7.05. The van der Waals surface area contributed by atoms with E-state index in [0.29, 0.717) is 10.2 Å². The van der Waals surface area contributed by atoms with Crippen LogP contribution in [0.4, 0.5) is 13.2 Å². The summed E-state index contributed by atoms with van der Waals surface area (Å²) in [6.45, 7) is 1.16. The molecule has 0 fully saturated rings. The summed E-state index contributed by atoms with van der Waals surface area (Å²) < 4.78 is 117. The van der Waals surface area contributed by atoms with Crippen molar-refractivity contribution < 1.29 is 38.9 Å². The Balaban J connectivity index is 2.22. The highest BCUT2D eigenvalue weighted by Gasteiger charge is 2.49. The Morgan fingerprint density at radius 1 is 1.34 bits per heavy atom. The smallest absolute Gasteiger partial charge is 0.392 e. The van der Waals surface area contributed by atoms with E-state index in [4.69, 9.17) is 19.5 Å². The number of ether oxygens (including phenoxy) is 1. The first-order chi connectivity index (χ1) is 14.4. The molecule has 0 amide bonds. The van der Waals surface area contributed by atoms with Gasteiger partial charge in [-0.15, -0.1) is 0 Å². The van der Waals surface area contributed by atoms with Gasteiger partial charge in [-0.3, -0.25) is 0 Å². The maximum Gasteiger partial charge on any atom is 0.392 e. The van der Waals surface area contributed by atoms with Crippen molar-refractivity contribution in [2.24, 2.45) is 5.92 Å². The van der Waals surface area contributed by atoms with E-state index in [9.17, 15) is 30.0 Å². The molecule has 1 heterocycles. The third kappa shape index (κ3) is 3.61. The SMILES string of the molecule is [2H]C([2H])([2H])OC1=CC=CCC1(C)S(=O)(=O)n1cc(S(=O)(=O)Cl)c2c1C[C@H](C(F)(F)F)CC2. The first-order valence-electron chi connectivity index (χ1n) is 9.94. The maximum absolute atomic E-state index is 13.7. The zero-order valence-corrected chi connectivity index (χ0v) is 17.4. The van der Waals surface area contributed by atoms with Crippen molar-refractivity contribution in [2.45, 2.75) is 48.4 Å². The predicted octanol–water partition coefficient (Wildman–Crippen LogP) is 3.51. The molecule has 6 nitrogen and oxygen atoms in total. The Kier molecular flexibility index (Phi) is 4.46. The molecular weight excluding hydrogens is 455 g/mol. The van der Waals surface area contributed by atoms with E-state index < -0.39 is 66.4 Å². The summed E-state index contributed by atoms with van der Waals surface area (Å²) in [5.74, 6) is -2.32. The largest absolute Gasteiger partial charge is 0.499 e. The second-order valence-electron chi connectivity index (χ2n) is 7.13. The molecule has 0 saturated heterocycles. The van der Waals surface area contributed by atoms with Gasteiger partial charge in [-0.05, 0) is 37.8 Å². The average Bonchev–Trinajstić information content (AvgIpc) is 3.01. The number of fused-ring (bicyclic) bond motifs is 1. The number of aromatic nitrogens is 1. The summed E-state index contributed by atoms with van der Waals surface area (Å²) in [6, 6.07) is 0. The van der Waals surface area contributed by atoms with Crippen molar-refractivity contribution in [2.75, 3.05) is 7.04 Å². The lowest BCUT2D eigenvalue weighted by Crippen LogP contribution is -2.43. The third-order valence-corrected chi connectivity index (χ3v) is 9.13. The van der Waals surface area contributed by atoms with Crippen LogP contribution in [0.2, 0.25) is 0 Å². The maximum atomic E-state index is 13.7. The van der Waals surface area contributed by atoms with Crippen molar-refractivity contribution in [3.63, 3.8) is 0 Å². The fourth-order valence-electron chi connectivity index (χ4n) is 3.69. The molecule has 0 saturated carbocycles. The number of allylic oxidation sites excluding steroid dienone is 3. The van der Waals surface area contributed by atoms with Gasteiger partial charge in [0.2, 0.25) is 0 Å². The fourth-order valence-corrected chi connectivity index (χ4v) is 6.73. The lowest BCUT2D eigenvalue weighted by Gasteiger charge is -2.33. The molecule has 162 valence electrons. The minimum Gasteiger partial charge on any atom is -0.499 e. The molecule has 1 aromatic rings. The van der Waals surface area contributed by atoms with Crippen LogP contribution in [0.1, 0.15) is 35.1 Å². The lowest BCUT2D eigenvalue weighted by molar-refractivity contribution is -0.177. The molecule has 1 aromatic heterocycles. The number of hydrogen-bond donors (Lipinski definition) is 0. The van der Waals surface area contributed by atoms with E-state index in [1.807, 2.05) is 0 Å². The zero-order valence-electron chi connectivity index (χ0n) is 18.0. The number of halogens is 4. The van der Waals surface area contributed by atoms with E-state index in [-0.39, 0.29) is 24.1 Å². The van der Waals surface area contributed by atoms with E-state index in [1.165, 1.54) is 12.2 Å². The van der Waals surface area contributed by atoms with Crippen molar-refractivity contribution in [3.8, 4) is 0 Å². The van der Waals surface area contributed by atoms with Crippen LogP contribution < -0.4 is 0 Å². The molecule has 29 heavy (non-hydrogen) atoms. The fraction of sp³-hybridized carbons (Fsp3) is 0.529. The molecule has 0 bridgehead atoms. The van der Waals surface area contributed by atoms with Crippen LogP contribution in [0.15, 0.2) is 35.1 Å². The van der Waals surface area contributed by atoms with Crippen LogP contribution in [0.25, 0.3) is 0 Å². The Hall–Kier alpha value is -1.46. The quantitative estimate of drug-likeness (QED) is 0.621. The highest BCUT2D eigenvalue weighted by molar-refractivity contribution is 8.13. The van der Waals surface area contributed by atoms with Crippen LogP contribution >= 0.6 is 10.7 Å². The Bertz CT molecular complexity index is 1200. The molecule has 0 aromatic carbocycles. The van der Waals surface area contributed by atoms with Gasteiger partial charge in [0, 0.05) is 29.0 Å². The first-order valence-corrected chi connectivity index (χ1v) is 12.2. The summed E-state index contributed by atoms with van der Waals surface area (Å²) in [5.41, 5.74) is -0.442. The monoisotopic (exact) mass is 476 g/mol. The van der Waals surface area contributed by atoms with E-state index in [2.05, 4.69) is 0 Å². The van der Waals surface area contributed by atoms with Gasteiger partial charge in [0.15, 0.2) is 0 Å². The van der Waals surface area contributed by atoms with Crippen LogP contribution in [-0.4, -0.2) is 38.8 Å². The number of rotatable bonds is 4. The van der Waals surface area contributed by atoms with Crippen molar-refractivity contribution in [1.82, 2.24) is 3.97 Å². The van der Waals surface area contributed by atoms with Gasteiger partial charge in [-0.25, -0.2) is 20.8 Å². The topological polar surface area (TPSA) is 82.4 Å². The standard InChI is InChI=1S/C17H19ClF3NO5S2/c1-16(8-4-3-5-15(16)27-2)29(25,26)22-10-14(28(18,23)24)12-7-6-11(9-13(12)22)17(19,20)21/h3-5,10-11H,6-9H2,1-2H3/t11-,16?/m1/s1/i2D3. The van der Waals surface area contributed by atoms with Gasteiger partial charge in [0.05, 0.1) is 17.1 Å². The summed E-state index contributed by atoms with van der Waals surface area (Å²) in [5, 5.41) is 0. The Morgan fingerprint density at radius 2 is 2.03 bits per heavy atom. The average molecular weight is 477 g/mol. The Labute approximate surface area is 175 Å². The van der Waals surface area contributed by atoms with Gasteiger partial charge in [-0.2, -0.15) is 13.2 Å². The number of methoxy groups -OCH3 is 1. The summed E-state index contributed by atoms with van der Waals surface area (Å²) in [6.07, 6.45) is -1.76. The molecule has 2 aliphatic rings. The van der Waals surface area contributed by atoms with Crippen LogP contribution in [-0.2, 0) is 36.7 Å². The van der Waals surface area contributed by atoms with Crippen molar-refractivity contribution in [3.05, 3.63) is 41.4 Å². The molecule has 0 N–H and O–H groups in total. The molecule has 0 aliphatic heterocycles. The molecular formula is C17H19ClF3NO5S2. The number of hydrogen-bond acceptors (Lipinski definition) is 5. The molecule has 0 radical (unpaired) electrons. The van der Waals surface area contributed by atoms with Gasteiger partial charge < -0.3 is 4.74 Å². The second-order valence-corrected chi connectivity index (χ2v) is 11.9. The molecule has 1 unspecified atom stereocenters. The van der Waals surface area contributed by atoms with E-state index in [0.717, 1.165) is 13.0 Å². The molecule has 2 atom stereocenters. The summed E-state index contributed by atoms with van der Waals surface area (Å²) >= 11 is 0. The molecule has 12 heteroatoms. The van der Waals surface area contributed by atoms with Crippen LogP contribution in [0, 0.1) is 5.92 Å². The predicted molar refractivity (Wildman–Crippen MR) is 101 cm³/mol. The highest BCUT2D eigenvalue weighted by atomic mass is 35.7. The lowest BCUT2D eigenvalue weighted by atomic mass is 9.87. The van der Waals surface area contributed by atoms with Gasteiger partial charge in [0.25, 0.3) is 19.1 Å². The van der Waals surface area contributed by atoms with Crippen LogP contribution in [0.3, 0.4) is 0 Å². The van der Waals surface area contributed by atoms with E-state index in [1.54, 1.807) is 0 Å². The summed E-state index contributed by atoms with van der Waals surface area (Å²) in [7, 11) is -6.72. The molecule has 2 aliphatic carbocycles. The molecule has 3 rings (SSSR count). The number of alkyl halides is 3. The van der Waals surface area contributed by atoms with Crippen LogP contribution in [0.5, 0.6) is 0 Å². The number of nitrogens with zero attached hydrogens (tertiary/aromatic N) is 1. The highest BCUT2D eigenvalue weighted by Crippen LogP contribution is 2.43. The van der Waals surface area contributed by atoms with Crippen molar-refractivity contribution >= 4 is 29.8 Å². The van der Waals surface area contributed by atoms with Gasteiger partial charge >= 0.3 is 6.18 Å². The minimum atomic E-state index is -4.70.